The first-order valence-electron chi connectivity index (χ1n) is 14.8. The van der Waals surface area contributed by atoms with Crippen LogP contribution < -0.4 is 14.8 Å². The predicted octanol–water partition coefficient (Wildman–Crippen LogP) is 5.33. The van der Waals surface area contributed by atoms with Gasteiger partial charge in [-0.1, -0.05) is 67.1 Å². The molecule has 0 radical (unpaired) electrons. The number of nitrogens with zero attached hydrogens (tertiary/aromatic N) is 2. The normalized spacial score (nSPS) is 17.4. The van der Waals surface area contributed by atoms with Gasteiger partial charge in [-0.05, 0) is 49.6 Å². The van der Waals surface area contributed by atoms with E-state index in [1.807, 2.05) is 56.3 Å². The third-order valence-corrected chi connectivity index (χ3v) is 9.48. The van der Waals surface area contributed by atoms with Crippen molar-refractivity contribution in [2.45, 2.75) is 37.8 Å². The fraction of sp³-hybridized carbons (Fsp3) is 0.294. The molecule has 0 aromatic heterocycles. The van der Waals surface area contributed by atoms with Gasteiger partial charge in [0.1, 0.15) is 6.10 Å². The molecule has 3 amide bonds. The van der Waals surface area contributed by atoms with Crippen molar-refractivity contribution in [1.29, 1.82) is 0 Å². The second-order valence-corrected chi connectivity index (χ2v) is 13.2. The number of aliphatic hydroxyl groups is 1. The molecule has 1 aliphatic heterocycles. The third kappa shape index (κ3) is 6.89. The van der Waals surface area contributed by atoms with E-state index in [1.165, 1.54) is 23.1 Å². The Balaban J connectivity index is 1.47. The maximum Gasteiger partial charge on any atom is 0.321 e. The molecule has 0 saturated carbocycles. The molecule has 1 heterocycles. The third-order valence-electron chi connectivity index (χ3n) is 8.10. The van der Waals surface area contributed by atoms with Gasteiger partial charge in [-0.15, -0.1) is 0 Å². The maximum absolute atomic E-state index is 13.8. The van der Waals surface area contributed by atoms with E-state index in [-0.39, 0.29) is 53.5 Å². The van der Waals surface area contributed by atoms with Gasteiger partial charge in [0, 0.05) is 24.9 Å². The lowest BCUT2D eigenvalue weighted by Gasteiger charge is -2.38. The van der Waals surface area contributed by atoms with Gasteiger partial charge < -0.3 is 25.0 Å². The number of ether oxygens (including phenoxy) is 1. The number of para-hydroxylation sites is 1. The fourth-order valence-corrected chi connectivity index (χ4v) is 6.42. The summed E-state index contributed by atoms with van der Waals surface area (Å²) in [7, 11) is -2.37. The number of rotatable bonds is 8. The minimum absolute atomic E-state index is 0.0627. The van der Waals surface area contributed by atoms with Crippen molar-refractivity contribution < 1.29 is 27.9 Å². The van der Waals surface area contributed by atoms with Crippen molar-refractivity contribution in [3.05, 3.63) is 96.1 Å². The summed E-state index contributed by atoms with van der Waals surface area (Å²) in [6.45, 7) is 5.63. The largest absolute Gasteiger partial charge is 0.485 e. The molecule has 236 valence electrons. The van der Waals surface area contributed by atoms with Gasteiger partial charge in [0.05, 0.1) is 41.0 Å². The Kier molecular flexibility index (Phi) is 9.31. The molecule has 3 atom stereocenters. The lowest BCUT2D eigenvalue weighted by molar-refractivity contribution is 0.0373. The topological polar surface area (TPSA) is 128 Å². The highest BCUT2D eigenvalue weighted by atomic mass is 32.2. The number of fused-ring (bicyclic) bond motifs is 2. The average molecular weight is 631 g/mol. The Labute approximate surface area is 263 Å². The highest BCUT2D eigenvalue weighted by Gasteiger charge is 2.35. The first kappa shape index (κ1) is 31.8. The quantitative estimate of drug-likeness (QED) is 0.241. The van der Waals surface area contributed by atoms with Crippen LogP contribution in [0.1, 0.15) is 29.8 Å². The van der Waals surface area contributed by atoms with Crippen LogP contribution in [0.25, 0.3) is 10.8 Å². The molecule has 4 aromatic rings. The van der Waals surface area contributed by atoms with Crippen molar-refractivity contribution in [3.8, 4) is 5.75 Å². The minimum Gasteiger partial charge on any atom is -0.485 e. The van der Waals surface area contributed by atoms with Crippen molar-refractivity contribution in [1.82, 2.24) is 9.80 Å². The van der Waals surface area contributed by atoms with Crippen LogP contribution >= 0.6 is 0 Å². The van der Waals surface area contributed by atoms with Gasteiger partial charge in [0.2, 0.25) is 0 Å². The molecule has 0 fully saturated rings. The van der Waals surface area contributed by atoms with Crippen LogP contribution in [0.2, 0.25) is 0 Å². The Morgan fingerprint density at radius 3 is 2.42 bits per heavy atom. The van der Waals surface area contributed by atoms with Crippen LogP contribution in [0.15, 0.2) is 89.8 Å². The molecular formula is C34H38N4O6S. The second-order valence-electron chi connectivity index (χ2n) is 11.6. The number of carbonyl (C=O) groups is 2. The van der Waals surface area contributed by atoms with E-state index in [1.54, 1.807) is 43.1 Å². The zero-order chi connectivity index (χ0) is 32.3. The molecule has 11 heteroatoms. The van der Waals surface area contributed by atoms with Crippen LogP contribution in [0.4, 0.5) is 16.2 Å². The van der Waals surface area contributed by atoms with Crippen LogP contribution in [0.3, 0.4) is 0 Å². The van der Waals surface area contributed by atoms with Crippen molar-refractivity contribution in [2.24, 2.45) is 5.92 Å². The lowest BCUT2D eigenvalue weighted by Crippen LogP contribution is -2.50. The van der Waals surface area contributed by atoms with E-state index in [0.717, 1.165) is 16.3 Å². The molecule has 0 saturated heterocycles. The molecule has 10 nitrogen and oxygen atoms in total. The zero-order valence-corrected chi connectivity index (χ0v) is 26.5. The number of anilines is 2. The lowest BCUT2D eigenvalue weighted by atomic mass is 9.99. The Morgan fingerprint density at radius 2 is 1.69 bits per heavy atom. The first-order valence-corrected chi connectivity index (χ1v) is 16.3. The predicted molar refractivity (Wildman–Crippen MR) is 175 cm³/mol. The van der Waals surface area contributed by atoms with Crippen LogP contribution in [-0.2, 0) is 10.0 Å². The monoisotopic (exact) mass is 630 g/mol. The number of hydrogen-bond acceptors (Lipinski definition) is 6. The van der Waals surface area contributed by atoms with Gasteiger partial charge in [-0.3, -0.25) is 9.52 Å². The van der Waals surface area contributed by atoms with Gasteiger partial charge >= 0.3 is 6.03 Å². The molecular weight excluding hydrogens is 592 g/mol. The van der Waals surface area contributed by atoms with Crippen LogP contribution in [0, 0.1) is 12.8 Å². The van der Waals surface area contributed by atoms with E-state index < -0.39 is 28.1 Å². The number of urea groups is 1. The van der Waals surface area contributed by atoms with Gasteiger partial charge in [0.15, 0.2) is 5.75 Å². The number of hydrogen-bond donors (Lipinski definition) is 3. The second kappa shape index (κ2) is 13.2. The molecule has 0 aliphatic carbocycles. The summed E-state index contributed by atoms with van der Waals surface area (Å²) in [4.78, 5) is 30.3. The van der Waals surface area contributed by atoms with Crippen molar-refractivity contribution >= 4 is 44.1 Å². The molecule has 0 bridgehead atoms. The van der Waals surface area contributed by atoms with Crippen molar-refractivity contribution in [2.75, 3.05) is 36.8 Å². The minimum atomic E-state index is -4.03. The number of aliphatic hydroxyl groups excluding tert-OH is 1. The van der Waals surface area contributed by atoms with E-state index in [9.17, 15) is 23.1 Å². The van der Waals surface area contributed by atoms with Crippen LogP contribution in [-0.4, -0.2) is 74.2 Å². The SMILES string of the molecule is Cc1ccc(S(=O)(=O)Nc2cccc3c2O[C@@H](CN(C)C(=O)Nc2cccc4ccccc24)[C@@H](C)CN([C@H](C)CO)C3=O)cc1. The number of aryl methyl sites for hydroxylation is 1. The molecule has 45 heavy (non-hydrogen) atoms. The van der Waals surface area contributed by atoms with E-state index >= 15 is 0 Å². The number of benzene rings is 4. The summed E-state index contributed by atoms with van der Waals surface area (Å²) < 4.78 is 35.9. The molecule has 4 aromatic carbocycles. The Hall–Kier alpha value is -4.61. The maximum atomic E-state index is 13.8. The summed E-state index contributed by atoms with van der Waals surface area (Å²) in [5.41, 5.74) is 1.83. The molecule has 0 unspecified atom stereocenters. The highest BCUT2D eigenvalue weighted by Crippen LogP contribution is 2.36. The van der Waals surface area contributed by atoms with E-state index in [0.29, 0.717) is 5.69 Å². The highest BCUT2D eigenvalue weighted by molar-refractivity contribution is 7.92. The summed E-state index contributed by atoms with van der Waals surface area (Å²) in [5, 5.41) is 14.9. The molecule has 0 spiro atoms. The van der Waals surface area contributed by atoms with Crippen molar-refractivity contribution in [3.63, 3.8) is 0 Å². The number of likely N-dealkylation sites (N-methyl/N-ethyl adjacent to an activating group) is 1. The Morgan fingerprint density at radius 1 is 1.02 bits per heavy atom. The Bertz CT molecular complexity index is 1810. The van der Waals surface area contributed by atoms with Crippen LogP contribution in [0.5, 0.6) is 5.75 Å². The van der Waals surface area contributed by atoms with Gasteiger partial charge in [-0.2, -0.15) is 0 Å². The molecule has 1 aliphatic rings. The van der Waals surface area contributed by atoms with Gasteiger partial charge in [0.25, 0.3) is 15.9 Å². The zero-order valence-electron chi connectivity index (χ0n) is 25.7. The molecule has 5 rings (SSSR count). The number of carbonyl (C=O) groups excluding carboxylic acids is 2. The average Bonchev–Trinajstić information content (AvgIpc) is 3.02. The van der Waals surface area contributed by atoms with Gasteiger partial charge in [-0.25, -0.2) is 13.2 Å². The standard InChI is InChI=1S/C34H38N4O6S/c1-22-15-17-26(18-16-22)45(42,43)36-30-14-8-12-28-32(30)44-31(23(2)19-38(33(28)40)24(3)21-39)20-37(4)34(41)35-29-13-7-10-25-9-5-6-11-27(25)29/h5-18,23-24,31,36,39H,19-21H2,1-4H3,(H,35,41)/t23-,24+,31-/m0/s1. The first-order chi connectivity index (χ1) is 21.5. The van der Waals surface area contributed by atoms with E-state index in [2.05, 4.69) is 10.0 Å². The summed E-state index contributed by atoms with van der Waals surface area (Å²) in [6.07, 6.45) is -0.640. The van der Waals surface area contributed by atoms with E-state index in [4.69, 9.17) is 4.74 Å². The number of sulfonamides is 1. The smallest absolute Gasteiger partial charge is 0.321 e. The molecule has 3 N–H and O–H groups in total. The summed E-state index contributed by atoms with van der Waals surface area (Å²) in [5.74, 6) is -0.631. The summed E-state index contributed by atoms with van der Waals surface area (Å²) >= 11 is 0. The fourth-order valence-electron chi connectivity index (χ4n) is 5.36. The number of nitrogens with one attached hydrogen (secondary N) is 2. The number of amides is 3. The summed E-state index contributed by atoms with van der Waals surface area (Å²) in [6, 6.07) is 23.7.